The van der Waals surface area contributed by atoms with Crippen LogP contribution in [0.15, 0.2) is 64.4 Å². The Morgan fingerprint density at radius 3 is 2.76 bits per heavy atom. The molecule has 142 valence electrons. The van der Waals surface area contributed by atoms with Crippen molar-refractivity contribution in [1.29, 1.82) is 0 Å². The number of thiophene rings is 1. The van der Waals surface area contributed by atoms with Gasteiger partial charge in [0, 0.05) is 32.7 Å². The standard InChI is InChI=1S/C21H13ClN4O2S/c1-11-6-7-12-9-23-10-16(18(12)24-11)26-20(27)19-15(25-21(26)28)8-17(29-19)13-4-2-3-5-14(13)22/h2-10H,1H3,(H,25,28). The molecular formula is C21H13ClN4O2S. The predicted molar refractivity (Wildman–Crippen MR) is 116 cm³/mol. The maximum absolute atomic E-state index is 13.3. The summed E-state index contributed by atoms with van der Waals surface area (Å²) in [5.74, 6) is 0. The van der Waals surface area contributed by atoms with E-state index >= 15 is 0 Å². The van der Waals surface area contributed by atoms with Gasteiger partial charge in [0.05, 0.1) is 22.9 Å². The number of aryl methyl sites for hydroxylation is 1. The second-order valence-corrected chi connectivity index (χ2v) is 8.05. The molecule has 0 saturated heterocycles. The van der Waals surface area contributed by atoms with E-state index in [1.54, 1.807) is 18.3 Å². The first kappa shape index (κ1) is 17.8. The third-order valence-electron chi connectivity index (χ3n) is 4.67. The lowest BCUT2D eigenvalue weighted by molar-refractivity contribution is 0.902. The number of nitrogens with zero attached hydrogens (tertiary/aromatic N) is 3. The molecule has 0 amide bonds. The molecule has 0 aliphatic carbocycles. The van der Waals surface area contributed by atoms with E-state index in [4.69, 9.17) is 11.6 Å². The van der Waals surface area contributed by atoms with Gasteiger partial charge >= 0.3 is 5.69 Å². The summed E-state index contributed by atoms with van der Waals surface area (Å²) in [7, 11) is 0. The molecule has 0 aliphatic heterocycles. The fraction of sp³-hybridized carbons (Fsp3) is 0.0476. The molecule has 0 radical (unpaired) electrons. The summed E-state index contributed by atoms with van der Waals surface area (Å²) in [4.78, 5) is 38.4. The van der Waals surface area contributed by atoms with Gasteiger partial charge < -0.3 is 4.98 Å². The highest BCUT2D eigenvalue weighted by Gasteiger charge is 2.17. The summed E-state index contributed by atoms with van der Waals surface area (Å²) in [6.45, 7) is 1.86. The number of rotatable bonds is 2. The lowest BCUT2D eigenvalue weighted by Crippen LogP contribution is -2.33. The Bertz CT molecular complexity index is 1530. The summed E-state index contributed by atoms with van der Waals surface area (Å²) >= 11 is 7.59. The molecule has 6 nitrogen and oxygen atoms in total. The van der Waals surface area contributed by atoms with E-state index in [0.717, 1.165) is 26.1 Å². The molecule has 5 rings (SSSR count). The van der Waals surface area contributed by atoms with Gasteiger partial charge in [-0.15, -0.1) is 11.3 Å². The molecule has 4 aromatic heterocycles. The Labute approximate surface area is 173 Å². The molecule has 0 fully saturated rings. The van der Waals surface area contributed by atoms with Crippen LogP contribution in [0.1, 0.15) is 5.69 Å². The maximum Gasteiger partial charge on any atom is 0.333 e. The quantitative estimate of drug-likeness (QED) is 0.461. The molecule has 0 aliphatic rings. The van der Waals surface area contributed by atoms with E-state index < -0.39 is 11.2 Å². The minimum atomic E-state index is -0.538. The smallest absolute Gasteiger partial charge is 0.306 e. The van der Waals surface area contributed by atoms with Crippen molar-refractivity contribution in [2.75, 3.05) is 0 Å². The van der Waals surface area contributed by atoms with Crippen molar-refractivity contribution in [3.8, 4) is 16.1 Å². The highest BCUT2D eigenvalue weighted by molar-refractivity contribution is 7.22. The number of nitrogens with one attached hydrogen (secondary N) is 1. The SMILES string of the molecule is Cc1ccc2cncc(-n3c(=O)[nH]c4cc(-c5ccccc5Cl)sc4c3=O)c2n1. The van der Waals surface area contributed by atoms with Gasteiger partial charge in [0.1, 0.15) is 4.70 Å². The summed E-state index contributed by atoms with van der Waals surface area (Å²) in [6, 6.07) is 12.9. The number of H-pyrrole nitrogens is 1. The van der Waals surface area contributed by atoms with E-state index in [-0.39, 0.29) is 0 Å². The monoisotopic (exact) mass is 420 g/mol. The van der Waals surface area contributed by atoms with Gasteiger partial charge in [0.25, 0.3) is 5.56 Å². The van der Waals surface area contributed by atoms with Crippen molar-refractivity contribution in [3.05, 3.63) is 86.4 Å². The van der Waals surface area contributed by atoms with Crippen molar-refractivity contribution >= 4 is 44.1 Å². The van der Waals surface area contributed by atoms with Crippen LogP contribution in [-0.4, -0.2) is 19.5 Å². The maximum atomic E-state index is 13.3. The largest absolute Gasteiger partial charge is 0.333 e. The van der Waals surface area contributed by atoms with Crippen molar-refractivity contribution < 1.29 is 0 Å². The van der Waals surface area contributed by atoms with Crippen molar-refractivity contribution in [2.24, 2.45) is 0 Å². The fourth-order valence-electron chi connectivity index (χ4n) is 3.31. The summed E-state index contributed by atoms with van der Waals surface area (Å²) < 4.78 is 1.53. The molecular weight excluding hydrogens is 408 g/mol. The Morgan fingerprint density at radius 1 is 1.10 bits per heavy atom. The minimum Gasteiger partial charge on any atom is -0.306 e. The average molecular weight is 421 g/mol. The zero-order valence-electron chi connectivity index (χ0n) is 15.1. The van der Waals surface area contributed by atoms with Crippen LogP contribution in [0, 0.1) is 6.92 Å². The Balaban J connectivity index is 1.81. The van der Waals surface area contributed by atoms with Gasteiger partial charge in [-0.3, -0.25) is 14.8 Å². The van der Waals surface area contributed by atoms with E-state index in [2.05, 4.69) is 15.0 Å². The molecule has 0 saturated carbocycles. The highest BCUT2D eigenvalue weighted by Crippen LogP contribution is 2.35. The second kappa shape index (κ2) is 6.65. The van der Waals surface area contributed by atoms with Crippen LogP contribution in [0.2, 0.25) is 5.02 Å². The molecule has 29 heavy (non-hydrogen) atoms. The van der Waals surface area contributed by atoms with E-state index in [0.29, 0.717) is 26.4 Å². The molecule has 0 spiro atoms. The molecule has 8 heteroatoms. The number of pyridine rings is 2. The number of fused-ring (bicyclic) bond motifs is 2. The number of aromatic nitrogens is 4. The third-order valence-corrected chi connectivity index (χ3v) is 6.16. The van der Waals surface area contributed by atoms with Gasteiger partial charge in [0.15, 0.2) is 0 Å². The topological polar surface area (TPSA) is 80.6 Å². The van der Waals surface area contributed by atoms with Gasteiger partial charge in [0.2, 0.25) is 0 Å². The van der Waals surface area contributed by atoms with Gasteiger partial charge in [-0.2, -0.15) is 0 Å². The fourth-order valence-corrected chi connectivity index (χ4v) is 4.69. The van der Waals surface area contributed by atoms with Crippen LogP contribution in [0.25, 0.3) is 37.2 Å². The van der Waals surface area contributed by atoms with Crippen molar-refractivity contribution in [3.63, 3.8) is 0 Å². The van der Waals surface area contributed by atoms with Gasteiger partial charge in [-0.05, 0) is 31.2 Å². The predicted octanol–water partition coefficient (Wildman–Crippen LogP) is 4.31. The molecule has 0 bridgehead atoms. The number of hydrogen-bond acceptors (Lipinski definition) is 5. The number of aromatic amines is 1. The third kappa shape index (κ3) is 2.86. The first-order chi connectivity index (χ1) is 14.0. The minimum absolute atomic E-state index is 0.354. The van der Waals surface area contributed by atoms with Crippen LogP contribution >= 0.6 is 22.9 Å². The van der Waals surface area contributed by atoms with Crippen LogP contribution < -0.4 is 11.2 Å². The number of benzene rings is 1. The first-order valence-electron chi connectivity index (χ1n) is 8.78. The molecule has 1 N–H and O–H groups in total. The zero-order chi connectivity index (χ0) is 20.1. The second-order valence-electron chi connectivity index (χ2n) is 6.59. The molecule has 1 aromatic carbocycles. The Kier molecular flexibility index (Phi) is 4.08. The van der Waals surface area contributed by atoms with E-state index in [9.17, 15) is 9.59 Å². The highest BCUT2D eigenvalue weighted by atomic mass is 35.5. The molecule has 0 unspecified atom stereocenters. The Morgan fingerprint density at radius 2 is 1.93 bits per heavy atom. The lowest BCUT2D eigenvalue weighted by Gasteiger charge is -2.08. The number of hydrogen-bond donors (Lipinski definition) is 1. The number of halogens is 1. The van der Waals surface area contributed by atoms with Crippen molar-refractivity contribution in [2.45, 2.75) is 6.92 Å². The van der Waals surface area contributed by atoms with Crippen LogP contribution in [-0.2, 0) is 0 Å². The lowest BCUT2D eigenvalue weighted by atomic mass is 10.2. The van der Waals surface area contributed by atoms with Gasteiger partial charge in [-0.1, -0.05) is 29.8 Å². The summed E-state index contributed by atoms with van der Waals surface area (Å²) in [5.41, 5.74) is 2.03. The summed E-state index contributed by atoms with van der Waals surface area (Å²) in [6.07, 6.45) is 3.14. The van der Waals surface area contributed by atoms with Crippen molar-refractivity contribution in [1.82, 2.24) is 19.5 Å². The molecule has 5 aromatic rings. The van der Waals surface area contributed by atoms with Crippen LogP contribution in [0.4, 0.5) is 0 Å². The normalized spacial score (nSPS) is 11.4. The van der Waals surface area contributed by atoms with E-state index in [1.165, 1.54) is 17.5 Å². The summed E-state index contributed by atoms with van der Waals surface area (Å²) in [5, 5.41) is 1.34. The van der Waals surface area contributed by atoms with E-state index in [1.807, 2.05) is 37.3 Å². The van der Waals surface area contributed by atoms with Crippen LogP contribution in [0.3, 0.4) is 0 Å². The van der Waals surface area contributed by atoms with Gasteiger partial charge in [-0.25, -0.2) is 9.36 Å². The first-order valence-corrected chi connectivity index (χ1v) is 9.98. The Hall–Kier alpha value is -3.29. The van der Waals surface area contributed by atoms with Crippen LogP contribution in [0.5, 0.6) is 0 Å². The molecule has 4 heterocycles. The molecule has 0 atom stereocenters. The average Bonchev–Trinajstić information content (AvgIpc) is 3.12. The zero-order valence-corrected chi connectivity index (χ0v) is 16.7.